The van der Waals surface area contributed by atoms with Gasteiger partial charge in [0, 0.05) is 13.2 Å². The molecule has 3 nitrogen and oxygen atoms in total. The molecule has 0 fully saturated rings. The Balaban J connectivity index is -0.000000117. The zero-order valence-electron chi connectivity index (χ0n) is 9.71. The van der Waals surface area contributed by atoms with Crippen LogP contribution in [0.3, 0.4) is 0 Å². The van der Waals surface area contributed by atoms with Gasteiger partial charge in [0.05, 0.1) is 0 Å². The van der Waals surface area contributed by atoms with Crippen molar-refractivity contribution in [3.8, 4) is 0 Å². The van der Waals surface area contributed by atoms with Crippen molar-refractivity contribution in [2.24, 2.45) is 0 Å². The highest BCUT2D eigenvalue weighted by atomic mass is 28.3. The Kier molecular flexibility index (Phi) is 33.3. The van der Waals surface area contributed by atoms with E-state index in [2.05, 4.69) is 13.1 Å². The van der Waals surface area contributed by atoms with Crippen LogP contribution in [0.1, 0.15) is 26.7 Å². The molecule has 0 amide bonds. The van der Waals surface area contributed by atoms with Crippen LogP contribution in [0.15, 0.2) is 0 Å². The molecular weight excluding hydrogens is 200 g/mol. The Hall–Kier alpha value is 0.314. The van der Waals surface area contributed by atoms with E-state index >= 15 is 0 Å². The van der Waals surface area contributed by atoms with Gasteiger partial charge in [-0.1, -0.05) is 13.8 Å². The Morgan fingerprint density at radius 3 is 1.23 bits per heavy atom. The van der Waals surface area contributed by atoms with Crippen molar-refractivity contribution in [1.82, 2.24) is 0 Å². The smallest absolute Gasteiger partial charge is 0.156 e. The van der Waals surface area contributed by atoms with E-state index in [1.807, 2.05) is 13.8 Å². The second kappa shape index (κ2) is 22.8. The molecule has 0 aromatic heterocycles. The Labute approximate surface area is 87.4 Å². The molecule has 0 unspecified atom stereocenters. The summed E-state index contributed by atoms with van der Waals surface area (Å²) in [5, 5.41) is 15.8. The zero-order valence-corrected chi connectivity index (χ0v) is 12.9. The van der Waals surface area contributed by atoms with Gasteiger partial charge in [-0.15, -0.1) is 0 Å². The summed E-state index contributed by atoms with van der Waals surface area (Å²) in [7, 11) is 0.347. The molecule has 0 radical (unpaired) electrons. The van der Waals surface area contributed by atoms with Crippen molar-refractivity contribution in [2.75, 3.05) is 13.2 Å². The third-order valence-electron chi connectivity index (χ3n) is 0.919. The lowest BCUT2D eigenvalue weighted by Crippen LogP contribution is -2.02. The van der Waals surface area contributed by atoms with E-state index in [0.29, 0.717) is 13.2 Å². The van der Waals surface area contributed by atoms with Gasteiger partial charge in [0.1, 0.15) is 10.5 Å². The van der Waals surface area contributed by atoms with E-state index in [4.69, 9.17) is 14.3 Å². The summed E-state index contributed by atoms with van der Waals surface area (Å²) >= 11 is 0. The predicted molar refractivity (Wildman–Crippen MR) is 64.7 cm³/mol. The van der Waals surface area contributed by atoms with Gasteiger partial charge in [0.25, 0.3) is 0 Å². The van der Waals surface area contributed by atoms with Gasteiger partial charge in [-0.05, 0) is 25.9 Å². The molecule has 0 saturated carbocycles. The molecule has 0 bridgehead atoms. The van der Waals surface area contributed by atoms with Crippen molar-refractivity contribution in [3.05, 3.63) is 0 Å². The first-order chi connectivity index (χ1) is 6.10. The standard InChI is InChI=1S/2C3H8O.C2H10OSi2/c2*1-2-3-4;1-5(2)3-4/h2*4H,2-3H2,1H3;5H,1-2,4H3. The average Bonchev–Trinajstić information content (AvgIpc) is 2.18. The molecule has 13 heavy (non-hydrogen) atoms. The van der Waals surface area contributed by atoms with Crippen LogP contribution in [-0.2, 0) is 4.12 Å². The van der Waals surface area contributed by atoms with Crippen molar-refractivity contribution >= 4 is 19.5 Å². The van der Waals surface area contributed by atoms with E-state index in [1.165, 1.54) is 0 Å². The molecule has 84 valence electrons. The molecule has 0 atom stereocenters. The molecule has 0 aromatic rings. The summed E-state index contributed by atoms with van der Waals surface area (Å²) in [5.74, 6) is 0. The number of rotatable bonds is 3. The average molecular weight is 226 g/mol. The molecular formula is C8H26O3Si2. The van der Waals surface area contributed by atoms with Crippen molar-refractivity contribution in [1.29, 1.82) is 0 Å². The third-order valence-corrected chi connectivity index (χ3v) is 4.69. The fourth-order valence-corrected chi connectivity index (χ4v) is 0. The van der Waals surface area contributed by atoms with Gasteiger partial charge in [0.15, 0.2) is 9.04 Å². The van der Waals surface area contributed by atoms with E-state index in [1.54, 1.807) is 0 Å². The molecule has 0 aromatic carbocycles. The van der Waals surface area contributed by atoms with Gasteiger partial charge in [0.2, 0.25) is 0 Å². The fourth-order valence-electron chi connectivity index (χ4n) is 0. The van der Waals surface area contributed by atoms with E-state index in [0.717, 1.165) is 23.3 Å². The second-order valence-electron chi connectivity index (χ2n) is 2.73. The molecule has 0 saturated heterocycles. The van der Waals surface area contributed by atoms with Crippen LogP contribution >= 0.6 is 0 Å². The van der Waals surface area contributed by atoms with Crippen molar-refractivity contribution in [3.63, 3.8) is 0 Å². The zero-order chi connectivity index (χ0) is 11.1. The molecule has 0 aliphatic rings. The maximum atomic E-state index is 7.88. The van der Waals surface area contributed by atoms with E-state index in [-0.39, 0.29) is 0 Å². The van der Waals surface area contributed by atoms with Gasteiger partial charge in [-0.25, -0.2) is 0 Å². The lowest BCUT2D eigenvalue weighted by atomic mass is 10.5. The van der Waals surface area contributed by atoms with Crippen molar-refractivity contribution in [2.45, 2.75) is 39.8 Å². The van der Waals surface area contributed by atoms with Crippen LogP contribution in [0.5, 0.6) is 0 Å². The highest BCUT2D eigenvalue weighted by Crippen LogP contribution is 1.72. The SMILES string of the molecule is CCCO.CCCO.C[SiH](C)O[SiH3]. The highest BCUT2D eigenvalue weighted by molar-refractivity contribution is 6.52. The Bertz CT molecular complexity index is 55.4. The summed E-state index contributed by atoms with van der Waals surface area (Å²) in [6.07, 6.45) is 1.75. The molecule has 0 spiro atoms. The van der Waals surface area contributed by atoms with Gasteiger partial charge in [-0.3, -0.25) is 0 Å². The number of aliphatic hydroxyl groups excluding tert-OH is 2. The first-order valence-electron chi connectivity index (χ1n) is 4.85. The molecule has 0 rings (SSSR count). The minimum atomic E-state index is -0.588. The highest BCUT2D eigenvalue weighted by Gasteiger charge is 1.82. The first kappa shape index (κ1) is 19.0. The van der Waals surface area contributed by atoms with Crippen LogP contribution < -0.4 is 0 Å². The molecule has 0 aliphatic carbocycles. The second-order valence-corrected chi connectivity index (χ2v) is 6.71. The van der Waals surface area contributed by atoms with Gasteiger partial charge in [-0.2, -0.15) is 0 Å². The van der Waals surface area contributed by atoms with Crippen LogP contribution in [0.2, 0.25) is 13.1 Å². The fraction of sp³-hybridized carbons (Fsp3) is 1.00. The minimum Gasteiger partial charge on any atom is -0.466 e. The summed E-state index contributed by atoms with van der Waals surface area (Å²) in [6.45, 7) is 8.85. The number of aliphatic hydroxyl groups is 2. The maximum absolute atomic E-state index is 7.88. The van der Waals surface area contributed by atoms with Gasteiger partial charge >= 0.3 is 0 Å². The van der Waals surface area contributed by atoms with E-state index < -0.39 is 9.04 Å². The van der Waals surface area contributed by atoms with Crippen LogP contribution in [0.4, 0.5) is 0 Å². The lowest BCUT2D eigenvalue weighted by Gasteiger charge is -1.93. The summed E-state index contributed by atoms with van der Waals surface area (Å²) in [4.78, 5) is 0. The Morgan fingerprint density at radius 2 is 1.23 bits per heavy atom. The number of hydrogen-bond donors (Lipinski definition) is 2. The molecule has 0 heterocycles. The lowest BCUT2D eigenvalue weighted by molar-refractivity contribution is 0.294. The predicted octanol–water partition coefficient (Wildman–Crippen LogP) is 0.0442. The summed E-state index contributed by atoms with van der Waals surface area (Å²) < 4.78 is 5.03. The monoisotopic (exact) mass is 226 g/mol. The topological polar surface area (TPSA) is 49.7 Å². The van der Waals surface area contributed by atoms with Crippen LogP contribution in [0.25, 0.3) is 0 Å². The van der Waals surface area contributed by atoms with Crippen LogP contribution in [-0.4, -0.2) is 43.0 Å². The summed E-state index contributed by atoms with van der Waals surface area (Å²) in [5.41, 5.74) is 0. The maximum Gasteiger partial charge on any atom is 0.156 e. The molecule has 5 heteroatoms. The first-order valence-corrected chi connectivity index (χ1v) is 8.44. The minimum absolute atomic E-state index is 0.319. The molecule has 2 N–H and O–H groups in total. The van der Waals surface area contributed by atoms with E-state index in [9.17, 15) is 0 Å². The largest absolute Gasteiger partial charge is 0.466 e. The quantitative estimate of drug-likeness (QED) is 0.668. The van der Waals surface area contributed by atoms with Crippen LogP contribution in [0, 0.1) is 0 Å². The van der Waals surface area contributed by atoms with Crippen molar-refractivity contribution < 1.29 is 14.3 Å². The Morgan fingerprint density at radius 1 is 1.08 bits per heavy atom. The third kappa shape index (κ3) is 70.4. The normalized spacial score (nSPS) is 8.54. The van der Waals surface area contributed by atoms with Gasteiger partial charge < -0.3 is 14.3 Å². The number of hydrogen-bond acceptors (Lipinski definition) is 3. The summed E-state index contributed by atoms with van der Waals surface area (Å²) in [6, 6.07) is 0. The molecule has 0 aliphatic heterocycles.